The van der Waals surface area contributed by atoms with Gasteiger partial charge in [-0.25, -0.2) is 4.39 Å². The van der Waals surface area contributed by atoms with Gasteiger partial charge in [-0.1, -0.05) is 6.07 Å². The predicted molar refractivity (Wildman–Crippen MR) is 66.3 cm³/mol. The van der Waals surface area contributed by atoms with Crippen LogP contribution in [-0.2, 0) is 0 Å². The van der Waals surface area contributed by atoms with Crippen molar-refractivity contribution in [2.45, 2.75) is 13.0 Å². The van der Waals surface area contributed by atoms with Crippen LogP contribution in [0.3, 0.4) is 0 Å². The molecule has 1 N–H and O–H groups in total. The fraction of sp³-hybridized carbons (Fsp3) is 0.462. The summed E-state index contributed by atoms with van der Waals surface area (Å²) in [6, 6.07) is 4.47. The van der Waals surface area contributed by atoms with E-state index in [0.717, 1.165) is 13.1 Å². The maximum atomic E-state index is 13.8. The Bertz CT molecular complexity index is 451. The van der Waals surface area contributed by atoms with Crippen LogP contribution in [0.15, 0.2) is 18.2 Å². The molecule has 1 amide bonds. The number of hydrogen-bond acceptors (Lipinski definition) is 3. The van der Waals surface area contributed by atoms with Gasteiger partial charge < -0.3 is 15.0 Å². The van der Waals surface area contributed by atoms with E-state index in [1.165, 1.54) is 19.2 Å². The first-order valence-corrected chi connectivity index (χ1v) is 5.99. The van der Waals surface area contributed by atoms with Crippen molar-refractivity contribution in [1.29, 1.82) is 0 Å². The minimum atomic E-state index is -0.537. The molecule has 0 aromatic heterocycles. The molecule has 1 aliphatic rings. The summed E-state index contributed by atoms with van der Waals surface area (Å²) in [5.41, 5.74) is 0.0220. The van der Waals surface area contributed by atoms with Gasteiger partial charge in [-0.3, -0.25) is 4.79 Å². The Kier molecular flexibility index (Phi) is 3.81. The summed E-state index contributed by atoms with van der Waals surface area (Å²) in [4.78, 5) is 14.1. The minimum Gasteiger partial charge on any atom is -0.496 e. The molecule has 2 rings (SSSR count). The number of ether oxygens (including phenoxy) is 1. The molecule has 0 bridgehead atoms. The number of carbonyl (C=O) groups is 1. The van der Waals surface area contributed by atoms with Crippen LogP contribution in [0.25, 0.3) is 0 Å². The topological polar surface area (TPSA) is 41.6 Å². The molecule has 1 aromatic carbocycles. The van der Waals surface area contributed by atoms with Crippen LogP contribution in [0.5, 0.6) is 5.75 Å². The summed E-state index contributed by atoms with van der Waals surface area (Å²) < 4.78 is 18.9. The first-order chi connectivity index (χ1) is 8.65. The summed E-state index contributed by atoms with van der Waals surface area (Å²) in [5, 5.41) is 3.20. The van der Waals surface area contributed by atoms with Crippen LogP contribution in [0.1, 0.15) is 17.3 Å². The molecule has 1 aromatic rings. The lowest BCUT2D eigenvalue weighted by Crippen LogP contribution is -2.52. The summed E-state index contributed by atoms with van der Waals surface area (Å²) in [7, 11) is 1.44. The molecule has 0 unspecified atom stereocenters. The number of piperazine rings is 1. The maximum absolute atomic E-state index is 13.8. The van der Waals surface area contributed by atoms with Gasteiger partial charge >= 0.3 is 0 Å². The highest BCUT2D eigenvalue weighted by atomic mass is 19.1. The van der Waals surface area contributed by atoms with Crippen LogP contribution in [0.2, 0.25) is 0 Å². The van der Waals surface area contributed by atoms with Gasteiger partial charge in [0.15, 0.2) is 0 Å². The normalized spacial score (nSPS) is 19.7. The average Bonchev–Trinajstić information content (AvgIpc) is 2.38. The Balaban J connectivity index is 2.33. The molecule has 0 saturated carbocycles. The maximum Gasteiger partial charge on any atom is 0.260 e. The molecule has 0 spiro atoms. The van der Waals surface area contributed by atoms with Gasteiger partial charge in [0, 0.05) is 25.7 Å². The Morgan fingerprint density at radius 2 is 2.33 bits per heavy atom. The number of methoxy groups -OCH3 is 1. The van der Waals surface area contributed by atoms with Gasteiger partial charge in [0.25, 0.3) is 5.91 Å². The van der Waals surface area contributed by atoms with Crippen molar-refractivity contribution in [2.24, 2.45) is 0 Å². The van der Waals surface area contributed by atoms with E-state index in [9.17, 15) is 9.18 Å². The predicted octanol–water partition coefficient (Wildman–Crippen LogP) is 1.27. The van der Waals surface area contributed by atoms with E-state index in [1.54, 1.807) is 11.0 Å². The molecular formula is C13H17FN2O2. The smallest absolute Gasteiger partial charge is 0.260 e. The van der Waals surface area contributed by atoms with E-state index in [4.69, 9.17) is 4.74 Å². The highest BCUT2D eigenvalue weighted by Crippen LogP contribution is 2.24. The number of carbonyl (C=O) groups excluding carboxylic acids is 1. The van der Waals surface area contributed by atoms with E-state index in [2.05, 4.69) is 5.32 Å². The number of hydrogen-bond donors (Lipinski definition) is 1. The molecule has 1 aliphatic heterocycles. The first-order valence-electron chi connectivity index (χ1n) is 5.99. The number of nitrogens with zero attached hydrogens (tertiary/aromatic N) is 1. The van der Waals surface area contributed by atoms with Crippen LogP contribution in [0.4, 0.5) is 4.39 Å². The van der Waals surface area contributed by atoms with E-state index >= 15 is 0 Å². The van der Waals surface area contributed by atoms with Crippen molar-refractivity contribution in [3.05, 3.63) is 29.6 Å². The number of amides is 1. The number of halogens is 1. The number of nitrogens with one attached hydrogen (secondary N) is 1. The summed E-state index contributed by atoms with van der Waals surface area (Å²) in [6.07, 6.45) is 0. The van der Waals surface area contributed by atoms with Crippen molar-refractivity contribution in [1.82, 2.24) is 10.2 Å². The molecular weight excluding hydrogens is 235 g/mol. The molecule has 0 radical (unpaired) electrons. The highest BCUT2D eigenvalue weighted by molar-refractivity contribution is 5.97. The van der Waals surface area contributed by atoms with Crippen LogP contribution in [-0.4, -0.2) is 43.6 Å². The fourth-order valence-electron chi connectivity index (χ4n) is 2.17. The Hall–Kier alpha value is -1.62. The monoisotopic (exact) mass is 252 g/mol. The average molecular weight is 252 g/mol. The van der Waals surface area contributed by atoms with Crippen molar-refractivity contribution in [2.75, 3.05) is 26.7 Å². The Labute approximate surface area is 106 Å². The zero-order valence-corrected chi connectivity index (χ0v) is 10.6. The van der Waals surface area contributed by atoms with Crippen molar-refractivity contribution in [3.63, 3.8) is 0 Å². The third-order valence-corrected chi connectivity index (χ3v) is 3.17. The standard InChI is InChI=1S/C13H17FN2O2/c1-9-8-15-6-7-16(9)13(17)12-10(14)4-3-5-11(12)18-2/h3-5,9,15H,6-8H2,1-2H3/t9-/m1/s1. The van der Waals surface area contributed by atoms with E-state index in [0.29, 0.717) is 6.54 Å². The van der Waals surface area contributed by atoms with Crippen molar-refractivity contribution in [3.8, 4) is 5.75 Å². The highest BCUT2D eigenvalue weighted by Gasteiger charge is 2.28. The Morgan fingerprint density at radius 3 is 3.00 bits per heavy atom. The summed E-state index contributed by atoms with van der Waals surface area (Å²) >= 11 is 0. The SMILES string of the molecule is COc1cccc(F)c1C(=O)N1CCNC[C@H]1C. The minimum absolute atomic E-state index is 0.0220. The first kappa shape index (κ1) is 12.8. The van der Waals surface area contributed by atoms with Gasteiger partial charge in [-0.15, -0.1) is 0 Å². The zero-order chi connectivity index (χ0) is 13.1. The quantitative estimate of drug-likeness (QED) is 0.861. The second-order valence-electron chi connectivity index (χ2n) is 4.37. The summed E-state index contributed by atoms with van der Waals surface area (Å²) in [6.45, 7) is 3.98. The number of benzene rings is 1. The van der Waals surface area contributed by atoms with Gasteiger partial charge in [-0.05, 0) is 19.1 Å². The van der Waals surface area contributed by atoms with Crippen LogP contribution in [0, 0.1) is 5.82 Å². The molecule has 98 valence electrons. The summed E-state index contributed by atoms with van der Waals surface area (Å²) in [5.74, 6) is -0.560. The lowest BCUT2D eigenvalue weighted by atomic mass is 10.1. The van der Waals surface area contributed by atoms with Crippen molar-refractivity contribution < 1.29 is 13.9 Å². The largest absolute Gasteiger partial charge is 0.496 e. The number of rotatable bonds is 2. The third-order valence-electron chi connectivity index (χ3n) is 3.17. The van der Waals surface area contributed by atoms with Gasteiger partial charge in [-0.2, -0.15) is 0 Å². The molecule has 0 aliphatic carbocycles. The van der Waals surface area contributed by atoms with Crippen LogP contribution >= 0.6 is 0 Å². The lowest BCUT2D eigenvalue weighted by Gasteiger charge is -2.34. The molecule has 1 heterocycles. The zero-order valence-electron chi connectivity index (χ0n) is 10.6. The molecule has 18 heavy (non-hydrogen) atoms. The fourth-order valence-corrected chi connectivity index (χ4v) is 2.17. The lowest BCUT2D eigenvalue weighted by molar-refractivity contribution is 0.0647. The van der Waals surface area contributed by atoms with E-state index in [-0.39, 0.29) is 23.3 Å². The molecule has 1 fully saturated rings. The van der Waals surface area contributed by atoms with Crippen LogP contribution < -0.4 is 10.1 Å². The van der Waals surface area contributed by atoms with E-state index in [1.807, 2.05) is 6.92 Å². The molecule has 4 nitrogen and oxygen atoms in total. The molecule has 1 atom stereocenters. The molecule has 1 saturated heterocycles. The second-order valence-corrected chi connectivity index (χ2v) is 4.37. The molecule has 5 heteroatoms. The van der Waals surface area contributed by atoms with Gasteiger partial charge in [0.1, 0.15) is 17.1 Å². The third kappa shape index (κ3) is 2.31. The van der Waals surface area contributed by atoms with E-state index < -0.39 is 5.82 Å². The van der Waals surface area contributed by atoms with Crippen molar-refractivity contribution >= 4 is 5.91 Å². The second kappa shape index (κ2) is 5.35. The Morgan fingerprint density at radius 1 is 1.56 bits per heavy atom. The van der Waals surface area contributed by atoms with Gasteiger partial charge in [0.05, 0.1) is 7.11 Å². The van der Waals surface area contributed by atoms with Gasteiger partial charge in [0.2, 0.25) is 0 Å².